The number of rotatable bonds is 4. The highest BCUT2D eigenvalue weighted by atomic mass is 15.3. The highest BCUT2D eigenvalue weighted by Crippen LogP contribution is 2.26. The maximum atomic E-state index is 4.65. The Kier molecular flexibility index (Phi) is 5.21. The van der Waals surface area contributed by atoms with Crippen molar-refractivity contribution in [3.05, 3.63) is 41.9 Å². The van der Waals surface area contributed by atoms with Gasteiger partial charge in [-0.2, -0.15) is 5.10 Å². The standard InChI is InChI=1S/C18H27N7/c1-19-18(20-11-16-6-5-7-17(22-16)23(2)3)25-9-8-14(13-25)15-10-21-24(4)12-15/h5-7,10,12,14H,8-9,11,13H2,1-4H3,(H,19,20). The number of anilines is 1. The van der Waals surface area contributed by atoms with E-state index in [-0.39, 0.29) is 0 Å². The molecule has 1 fully saturated rings. The van der Waals surface area contributed by atoms with Crippen molar-refractivity contribution in [2.45, 2.75) is 18.9 Å². The normalized spacial score (nSPS) is 17.8. The SMILES string of the molecule is CN=C(NCc1cccc(N(C)C)n1)N1CCC(c2cnn(C)c2)C1. The van der Waals surface area contributed by atoms with Crippen molar-refractivity contribution in [1.82, 2.24) is 25.0 Å². The number of nitrogens with one attached hydrogen (secondary N) is 1. The minimum Gasteiger partial charge on any atom is -0.363 e. The molecule has 0 radical (unpaired) electrons. The molecule has 0 aliphatic carbocycles. The van der Waals surface area contributed by atoms with Crippen LogP contribution in [0.2, 0.25) is 0 Å². The Hall–Kier alpha value is -2.57. The van der Waals surface area contributed by atoms with Gasteiger partial charge >= 0.3 is 0 Å². The molecule has 0 saturated carbocycles. The van der Waals surface area contributed by atoms with Crippen LogP contribution >= 0.6 is 0 Å². The van der Waals surface area contributed by atoms with E-state index in [4.69, 9.17) is 0 Å². The molecule has 1 atom stereocenters. The molecule has 0 bridgehead atoms. The summed E-state index contributed by atoms with van der Waals surface area (Å²) in [6, 6.07) is 6.09. The Balaban J connectivity index is 1.59. The van der Waals surface area contributed by atoms with Gasteiger partial charge in [-0.05, 0) is 24.1 Å². The number of hydrogen-bond donors (Lipinski definition) is 1. The third-order valence-electron chi connectivity index (χ3n) is 4.57. The van der Waals surface area contributed by atoms with Gasteiger partial charge in [-0.1, -0.05) is 6.07 Å². The molecular formula is C18H27N7. The summed E-state index contributed by atoms with van der Waals surface area (Å²) >= 11 is 0. The van der Waals surface area contributed by atoms with Crippen molar-refractivity contribution in [2.75, 3.05) is 39.1 Å². The van der Waals surface area contributed by atoms with Crippen molar-refractivity contribution >= 4 is 11.8 Å². The number of hydrogen-bond acceptors (Lipinski definition) is 4. The molecular weight excluding hydrogens is 314 g/mol. The summed E-state index contributed by atoms with van der Waals surface area (Å²) < 4.78 is 1.87. The van der Waals surface area contributed by atoms with Crippen molar-refractivity contribution in [1.29, 1.82) is 0 Å². The molecule has 0 spiro atoms. The lowest BCUT2D eigenvalue weighted by molar-refractivity contribution is 0.485. The number of likely N-dealkylation sites (tertiary alicyclic amines) is 1. The van der Waals surface area contributed by atoms with Crippen molar-refractivity contribution in [2.24, 2.45) is 12.0 Å². The molecule has 2 aromatic heterocycles. The van der Waals surface area contributed by atoms with Crippen LogP contribution in [0.15, 0.2) is 35.6 Å². The molecule has 1 aliphatic heterocycles. The number of pyridine rings is 1. The summed E-state index contributed by atoms with van der Waals surface area (Å²) in [6.45, 7) is 2.64. The lowest BCUT2D eigenvalue weighted by atomic mass is 10.0. The summed E-state index contributed by atoms with van der Waals surface area (Å²) in [6.07, 6.45) is 5.21. The molecule has 7 nitrogen and oxygen atoms in total. The second kappa shape index (κ2) is 7.55. The molecule has 134 valence electrons. The van der Waals surface area contributed by atoms with Gasteiger partial charge in [0.2, 0.25) is 0 Å². The Morgan fingerprint density at radius 3 is 2.92 bits per heavy atom. The molecule has 1 unspecified atom stereocenters. The third kappa shape index (κ3) is 4.10. The van der Waals surface area contributed by atoms with Gasteiger partial charge < -0.3 is 15.1 Å². The average Bonchev–Trinajstić information content (AvgIpc) is 3.25. The smallest absolute Gasteiger partial charge is 0.193 e. The fourth-order valence-electron chi connectivity index (χ4n) is 3.19. The molecule has 7 heteroatoms. The molecule has 1 saturated heterocycles. The number of aliphatic imine (C=N–C) groups is 1. The molecule has 1 aliphatic rings. The van der Waals surface area contributed by atoms with Crippen LogP contribution in [0.25, 0.3) is 0 Å². The van der Waals surface area contributed by atoms with Crippen LogP contribution < -0.4 is 10.2 Å². The van der Waals surface area contributed by atoms with Crippen LogP contribution in [0.4, 0.5) is 5.82 Å². The van der Waals surface area contributed by atoms with Gasteiger partial charge in [0.05, 0.1) is 18.4 Å². The molecule has 2 aromatic rings. The lowest BCUT2D eigenvalue weighted by Crippen LogP contribution is -2.39. The Labute approximate surface area is 149 Å². The third-order valence-corrected chi connectivity index (χ3v) is 4.57. The van der Waals surface area contributed by atoms with Crippen LogP contribution in [0, 0.1) is 0 Å². The summed E-state index contributed by atoms with van der Waals surface area (Å²) in [5.74, 6) is 2.41. The van der Waals surface area contributed by atoms with Gasteiger partial charge in [0.1, 0.15) is 5.82 Å². The summed E-state index contributed by atoms with van der Waals surface area (Å²) in [4.78, 5) is 13.4. The largest absolute Gasteiger partial charge is 0.363 e. The van der Waals surface area contributed by atoms with E-state index in [2.05, 4.69) is 31.5 Å². The van der Waals surface area contributed by atoms with Gasteiger partial charge in [-0.25, -0.2) is 4.98 Å². The van der Waals surface area contributed by atoms with E-state index < -0.39 is 0 Å². The van der Waals surface area contributed by atoms with Gasteiger partial charge in [0, 0.05) is 53.4 Å². The highest BCUT2D eigenvalue weighted by molar-refractivity contribution is 5.80. The molecule has 1 N–H and O–H groups in total. The van der Waals surface area contributed by atoms with E-state index in [0.717, 1.165) is 37.0 Å². The zero-order chi connectivity index (χ0) is 17.8. The quantitative estimate of drug-likeness (QED) is 0.674. The number of guanidine groups is 1. The average molecular weight is 341 g/mol. The molecule has 3 rings (SSSR count). The van der Waals surface area contributed by atoms with Crippen LogP contribution in [0.5, 0.6) is 0 Å². The van der Waals surface area contributed by atoms with E-state index >= 15 is 0 Å². The predicted octanol–water partition coefficient (Wildman–Crippen LogP) is 1.45. The zero-order valence-corrected chi connectivity index (χ0v) is 15.5. The van der Waals surface area contributed by atoms with Gasteiger partial charge in [0.25, 0.3) is 0 Å². The monoisotopic (exact) mass is 341 g/mol. The van der Waals surface area contributed by atoms with Gasteiger partial charge in [0.15, 0.2) is 5.96 Å². The molecule has 3 heterocycles. The van der Waals surface area contributed by atoms with Crippen LogP contribution in [-0.2, 0) is 13.6 Å². The molecule has 25 heavy (non-hydrogen) atoms. The first-order valence-corrected chi connectivity index (χ1v) is 8.64. The minimum absolute atomic E-state index is 0.516. The summed E-state index contributed by atoms with van der Waals surface area (Å²) in [7, 11) is 7.80. The lowest BCUT2D eigenvalue weighted by Gasteiger charge is -2.21. The van der Waals surface area contributed by atoms with Crippen molar-refractivity contribution < 1.29 is 0 Å². The van der Waals surface area contributed by atoms with Crippen LogP contribution in [0.1, 0.15) is 23.6 Å². The Morgan fingerprint density at radius 2 is 2.24 bits per heavy atom. The van der Waals surface area contributed by atoms with E-state index in [1.165, 1.54) is 5.56 Å². The summed E-state index contributed by atoms with van der Waals surface area (Å²) in [5, 5.41) is 7.73. The predicted molar refractivity (Wildman–Crippen MR) is 101 cm³/mol. The second-order valence-electron chi connectivity index (χ2n) is 6.66. The van der Waals surface area contributed by atoms with Gasteiger partial charge in [-0.3, -0.25) is 9.67 Å². The van der Waals surface area contributed by atoms with E-state index in [1.807, 2.05) is 62.2 Å². The fraction of sp³-hybridized carbons (Fsp3) is 0.500. The van der Waals surface area contributed by atoms with E-state index in [1.54, 1.807) is 0 Å². The molecule has 0 aromatic carbocycles. The zero-order valence-electron chi connectivity index (χ0n) is 15.5. The maximum absolute atomic E-state index is 4.65. The van der Waals surface area contributed by atoms with Crippen molar-refractivity contribution in [3.63, 3.8) is 0 Å². The van der Waals surface area contributed by atoms with Gasteiger partial charge in [-0.15, -0.1) is 0 Å². The van der Waals surface area contributed by atoms with Crippen LogP contribution in [0.3, 0.4) is 0 Å². The Bertz CT molecular complexity index is 735. The second-order valence-corrected chi connectivity index (χ2v) is 6.66. The number of nitrogens with zero attached hydrogens (tertiary/aromatic N) is 6. The number of aryl methyl sites for hydroxylation is 1. The molecule has 0 amide bonds. The Morgan fingerprint density at radius 1 is 1.40 bits per heavy atom. The fourth-order valence-corrected chi connectivity index (χ4v) is 3.19. The topological polar surface area (TPSA) is 61.6 Å². The minimum atomic E-state index is 0.516. The number of aromatic nitrogens is 3. The van der Waals surface area contributed by atoms with E-state index in [0.29, 0.717) is 12.5 Å². The highest BCUT2D eigenvalue weighted by Gasteiger charge is 2.26. The van der Waals surface area contributed by atoms with E-state index in [9.17, 15) is 0 Å². The first-order valence-electron chi connectivity index (χ1n) is 8.64. The first-order chi connectivity index (χ1) is 12.1. The summed E-state index contributed by atoms with van der Waals surface area (Å²) in [5.41, 5.74) is 2.32. The van der Waals surface area contributed by atoms with Crippen molar-refractivity contribution in [3.8, 4) is 0 Å². The first kappa shape index (κ1) is 17.3. The maximum Gasteiger partial charge on any atom is 0.193 e. The van der Waals surface area contributed by atoms with Crippen LogP contribution in [-0.4, -0.2) is 59.9 Å².